The quantitative estimate of drug-likeness (QED) is 0.197. The van der Waals surface area contributed by atoms with Crippen LogP contribution in [-0.4, -0.2) is 30.5 Å². The van der Waals surface area contributed by atoms with Crippen LogP contribution in [0.25, 0.3) is 16.5 Å². The van der Waals surface area contributed by atoms with Crippen molar-refractivity contribution >= 4 is 36.3 Å². The first-order chi connectivity index (χ1) is 21.8. The number of hydrogen-bond acceptors (Lipinski definition) is 6. The van der Waals surface area contributed by atoms with Gasteiger partial charge in [-0.1, -0.05) is 36.4 Å². The Morgan fingerprint density at radius 2 is 1.67 bits per heavy atom. The van der Waals surface area contributed by atoms with Crippen molar-refractivity contribution in [1.82, 2.24) is 8.96 Å². The molecule has 0 aliphatic heterocycles. The predicted molar refractivity (Wildman–Crippen MR) is 172 cm³/mol. The van der Waals surface area contributed by atoms with Crippen molar-refractivity contribution in [2.75, 3.05) is 0 Å². The van der Waals surface area contributed by atoms with Gasteiger partial charge in [0.25, 0.3) is 5.56 Å². The molecule has 46 heavy (non-hydrogen) atoms. The third-order valence-corrected chi connectivity index (χ3v) is 12.4. The van der Waals surface area contributed by atoms with E-state index < -0.39 is 41.8 Å². The zero-order chi connectivity index (χ0) is 32.9. The number of hydrogen-bond donors (Lipinski definition) is 1. The number of sulfone groups is 1. The second-order valence-corrected chi connectivity index (χ2v) is 15.5. The fourth-order valence-electron chi connectivity index (χ4n) is 5.48. The first-order valence-electron chi connectivity index (χ1n) is 14.2. The first-order valence-corrected chi connectivity index (χ1v) is 17.3. The van der Waals surface area contributed by atoms with Crippen LogP contribution in [-0.2, 0) is 25.6 Å². The minimum atomic E-state index is -4.17. The summed E-state index contributed by atoms with van der Waals surface area (Å²) in [6.07, 6.45) is 6.12. The lowest BCUT2D eigenvalue weighted by Crippen LogP contribution is -2.41. The van der Waals surface area contributed by atoms with Crippen LogP contribution in [0.3, 0.4) is 0 Å². The summed E-state index contributed by atoms with van der Waals surface area (Å²) in [6, 6.07) is 18.7. The summed E-state index contributed by atoms with van der Waals surface area (Å²) in [5, 5.41) is 0.474. The molecule has 0 amide bonds. The van der Waals surface area contributed by atoms with Crippen molar-refractivity contribution in [1.29, 1.82) is 0 Å². The van der Waals surface area contributed by atoms with Crippen LogP contribution in [0, 0.1) is 11.6 Å². The smallest absolute Gasteiger partial charge is 0.273 e. The van der Waals surface area contributed by atoms with Gasteiger partial charge in [0.2, 0.25) is 10.0 Å². The van der Waals surface area contributed by atoms with E-state index in [1.165, 1.54) is 30.6 Å². The molecule has 2 heterocycles. The highest BCUT2D eigenvalue weighted by atomic mass is 32.2. The third-order valence-electron chi connectivity index (χ3n) is 8.25. The molecule has 5 aromatic rings. The molecule has 1 atom stereocenters. The van der Waals surface area contributed by atoms with Crippen molar-refractivity contribution in [3.63, 3.8) is 0 Å². The minimum absolute atomic E-state index is 0.00565. The number of rotatable bonds is 8. The Bertz CT molecular complexity index is 2340. The molecule has 0 fully saturated rings. The van der Waals surface area contributed by atoms with E-state index in [0.717, 1.165) is 16.1 Å². The molecule has 1 aliphatic rings. The second kappa shape index (κ2) is 11.5. The summed E-state index contributed by atoms with van der Waals surface area (Å²) in [5.41, 5.74) is 1.22. The normalized spacial score (nSPS) is 17.0. The minimum Gasteiger partial charge on any atom is -0.454 e. The van der Waals surface area contributed by atoms with Crippen molar-refractivity contribution < 1.29 is 30.4 Å². The molecular weight excluding hydrogens is 635 g/mol. The van der Waals surface area contributed by atoms with E-state index in [-0.39, 0.29) is 34.1 Å². The monoisotopic (exact) mass is 662 g/mol. The molecule has 3 aromatic carbocycles. The van der Waals surface area contributed by atoms with Crippen molar-refractivity contribution in [2.45, 2.75) is 35.7 Å². The summed E-state index contributed by atoms with van der Waals surface area (Å²) >= 11 is 0. The van der Waals surface area contributed by atoms with Gasteiger partial charge in [0, 0.05) is 29.4 Å². The highest BCUT2D eigenvalue weighted by Crippen LogP contribution is 2.42. The van der Waals surface area contributed by atoms with Gasteiger partial charge in [0.15, 0.2) is 21.4 Å². The summed E-state index contributed by atoms with van der Waals surface area (Å²) in [7, 11) is -7.89. The van der Waals surface area contributed by atoms with Gasteiger partial charge in [-0.2, -0.15) is 0 Å². The number of benzene rings is 3. The van der Waals surface area contributed by atoms with Gasteiger partial charge in [-0.05, 0) is 85.5 Å². The van der Waals surface area contributed by atoms with E-state index in [9.17, 15) is 30.4 Å². The van der Waals surface area contributed by atoms with Gasteiger partial charge in [-0.15, -0.1) is 0 Å². The van der Waals surface area contributed by atoms with Gasteiger partial charge >= 0.3 is 0 Å². The maximum Gasteiger partial charge on any atom is 0.273 e. The largest absolute Gasteiger partial charge is 0.454 e. The lowest BCUT2D eigenvalue weighted by molar-refractivity contribution is 0.436. The standard InChI is InChI=1S/C34H28F2N2O6S2/c1-22-18-25(12-15-34(22,2)46(42,43)38-17-14-24-13-16-37-33(39)32(24)38)28-19-23(21-45(40,41)27-6-4-3-5-7-27)8-10-30(28)44-31-11-9-26(35)20-29(31)36/h3-14,16-20H,15,21H2,1-2H3,(H,37,39). The molecule has 1 N–H and O–H groups in total. The third kappa shape index (κ3) is 5.47. The molecule has 0 saturated heterocycles. The lowest BCUT2D eigenvalue weighted by Gasteiger charge is -2.33. The molecule has 0 spiro atoms. The maximum atomic E-state index is 14.6. The first kappa shape index (κ1) is 31.2. The molecule has 0 bridgehead atoms. The van der Waals surface area contributed by atoms with E-state index in [0.29, 0.717) is 33.7 Å². The van der Waals surface area contributed by atoms with Crippen molar-refractivity contribution in [2.24, 2.45) is 0 Å². The number of H-pyrrole nitrogens is 1. The van der Waals surface area contributed by atoms with Crippen LogP contribution < -0.4 is 10.3 Å². The molecule has 8 nitrogen and oxygen atoms in total. The van der Waals surface area contributed by atoms with Crippen molar-refractivity contribution in [3.05, 3.63) is 142 Å². The Morgan fingerprint density at radius 1 is 0.935 bits per heavy atom. The molecule has 6 rings (SSSR count). The lowest BCUT2D eigenvalue weighted by atomic mass is 9.87. The number of allylic oxidation sites excluding steroid dienone is 3. The average Bonchev–Trinajstić information content (AvgIpc) is 3.47. The highest BCUT2D eigenvalue weighted by molar-refractivity contribution is 7.91. The molecular formula is C34H28F2N2O6S2. The van der Waals surface area contributed by atoms with Crippen LogP contribution in [0.5, 0.6) is 11.5 Å². The van der Waals surface area contributed by atoms with E-state index in [1.54, 1.807) is 68.5 Å². The van der Waals surface area contributed by atoms with Crippen LogP contribution in [0.15, 0.2) is 119 Å². The van der Waals surface area contributed by atoms with Crippen LogP contribution in [0.4, 0.5) is 8.78 Å². The Kier molecular flexibility index (Phi) is 7.81. The summed E-state index contributed by atoms with van der Waals surface area (Å²) in [6.45, 7) is 3.23. The number of nitrogens with zero attached hydrogens (tertiary/aromatic N) is 1. The Hall–Kier alpha value is -4.81. The fourth-order valence-corrected chi connectivity index (χ4v) is 8.68. The summed E-state index contributed by atoms with van der Waals surface area (Å²) in [5.74, 6) is -2.15. The number of nitrogens with one attached hydrogen (secondary N) is 1. The zero-order valence-electron chi connectivity index (χ0n) is 24.7. The molecule has 1 unspecified atom stereocenters. The van der Waals surface area contributed by atoms with Gasteiger partial charge in [0.05, 0.1) is 10.6 Å². The number of ether oxygens (including phenoxy) is 1. The summed E-state index contributed by atoms with van der Waals surface area (Å²) < 4.78 is 88.1. The van der Waals surface area contributed by atoms with Crippen molar-refractivity contribution in [3.8, 4) is 11.5 Å². The predicted octanol–water partition coefficient (Wildman–Crippen LogP) is 6.74. The topological polar surface area (TPSA) is 115 Å². The van der Waals surface area contributed by atoms with Gasteiger partial charge in [0.1, 0.15) is 21.8 Å². The maximum absolute atomic E-state index is 14.6. The second-order valence-electron chi connectivity index (χ2n) is 11.2. The number of aromatic nitrogens is 2. The molecule has 0 saturated carbocycles. The van der Waals surface area contributed by atoms with Crippen LogP contribution >= 0.6 is 0 Å². The zero-order valence-corrected chi connectivity index (χ0v) is 26.3. The van der Waals surface area contributed by atoms with E-state index >= 15 is 0 Å². The summed E-state index contributed by atoms with van der Waals surface area (Å²) in [4.78, 5) is 15.3. The van der Waals surface area contributed by atoms with Gasteiger partial charge in [-0.25, -0.2) is 29.6 Å². The number of fused-ring (bicyclic) bond motifs is 1. The fraction of sp³-hybridized carbons (Fsp3) is 0.147. The van der Waals surface area contributed by atoms with Crippen LogP contribution in [0.1, 0.15) is 31.4 Å². The van der Waals surface area contributed by atoms with Crippen LogP contribution in [0.2, 0.25) is 0 Å². The van der Waals surface area contributed by atoms with E-state index in [2.05, 4.69) is 4.98 Å². The van der Waals surface area contributed by atoms with E-state index in [1.807, 2.05) is 0 Å². The molecule has 12 heteroatoms. The molecule has 0 radical (unpaired) electrons. The van der Waals surface area contributed by atoms with Gasteiger partial charge in [-0.3, -0.25) is 4.79 Å². The Morgan fingerprint density at radius 3 is 2.39 bits per heavy atom. The molecule has 1 aliphatic carbocycles. The average molecular weight is 663 g/mol. The van der Waals surface area contributed by atoms with Gasteiger partial charge < -0.3 is 9.72 Å². The number of aromatic amines is 1. The SMILES string of the molecule is CC1=CC(c2cc(CS(=O)(=O)c3ccccc3)ccc2Oc2ccc(F)cc2F)=CCC1(C)S(=O)(=O)n1ccc2cc[nH]c(=O)c21. The Balaban J connectivity index is 1.41. The molecule has 236 valence electrons. The number of pyridine rings is 1. The highest BCUT2D eigenvalue weighted by Gasteiger charge is 2.43. The van der Waals surface area contributed by atoms with E-state index in [4.69, 9.17) is 4.74 Å². The number of halogens is 2. The molecule has 2 aromatic heterocycles. The Labute approximate surface area is 264 Å².